The van der Waals surface area contributed by atoms with Crippen molar-refractivity contribution >= 4 is 23.2 Å². The molecule has 31 heavy (non-hydrogen) atoms. The lowest BCUT2D eigenvalue weighted by atomic mass is 10.1. The largest absolute Gasteiger partial charge is 0.368 e. The van der Waals surface area contributed by atoms with Crippen molar-refractivity contribution in [3.05, 3.63) is 59.7 Å². The van der Waals surface area contributed by atoms with Crippen LogP contribution < -0.4 is 10.2 Å². The lowest BCUT2D eigenvalue weighted by Crippen LogP contribution is -2.49. The molecule has 2 amide bonds. The molecule has 0 aromatic heterocycles. The van der Waals surface area contributed by atoms with E-state index in [4.69, 9.17) is 0 Å². The Labute approximate surface area is 186 Å². The van der Waals surface area contributed by atoms with E-state index in [2.05, 4.69) is 48.3 Å². The molecular formula is C26H35N3O2. The molecule has 0 unspecified atom stereocenters. The Hall–Kier alpha value is -2.82. The monoisotopic (exact) mass is 421 g/mol. The maximum atomic E-state index is 12.6. The van der Waals surface area contributed by atoms with Gasteiger partial charge in [0.05, 0.1) is 6.42 Å². The lowest BCUT2D eigenvalue weighted by molar-refractivity contribution is -0.130. The summed E-state index contributed by atoms with van der Waals surface area (Å²) >= 11 is 0. The number of nitrogens with one attached hydrogen (secondary N) is 1. The minimum atomic E-state index is 0.0876. The fourth-order valence-corrected chi connectivity index (χ4v) is 4.01. The second-order valence-corrected chi connectivity index (χ2v) is 8.44. The van der Waals surface area contributed by atoms with Gasteiger partial charge in [0.1, 0.15) is 0 Å². The zero-order valence-corrected chi connectivity index (χ0v) is 18.9. The summed E-state index contributed by atoms with van der Waals surface area (Å²) in [6.45, 7) is 7.34. The van der Waals surface area contributed by atoms with Crippen molar-refractivity contribution in [2.75, 3.05) is 36.4 Å². The molecule has 0 aliphatic carbocycles. The number of unbranched alkanes of at least 4 members (excludes halogenated alkanes) is 3. The highest BCUT2D eigenvalue weighted by atomic mass is 16.2. The molecule has 1 N–H and O–H groups in total. The molecule has 1 heterocycles. The number of carbonyl (C=O) groups is 2. The van der Waals surface area contributed by atoms with E-state index >= 15 is 0 Å². The van der Waals surface area contributed by atoms with Crippen LogP contribution in [0.5, 0.6) is 0 Å². The fourth-order valence-electron chi connectivity index (χ4n) is 4.01. The normalized spacial score (nSPS) is 13.9. The summed E-state index contributed by atoms with van der Waals surface area (Å²) in [5, 5.41) is 2.99. The van der Waals surface area contributed by atoms with Gasteiger partial charge in [-0.05, 0) is 43.2 Å². The Morgan fingerprint density at radius 3 is 2.35 bits per heavy atom. The molecule has 0 radical (unpaired) electrons. The number of anilines is 2. The van der Waals surface area contributed by atoms with Crippen molar-refractivity contribution in [2.45, 2.75) is 52.4 Å². The molecule has 1 fully saturated rings. The number of hydrogen-bond acceptors (Lipinski definition) is 3. The Bertz CT molecular complexity index is 855. The minimum Gasteiger partial charge on any atom is -0.368 e. The van der Waals surface area contributed by atoms with Gasteiger partial charge in [-0.2, -0.15) is 0 Å². The molecule has 1 saturated heterocycles. The first-order valence-corrected chi connectivity index (χ1v) is 11.5. The van der Waals surface area contributed by atoms with Crippen LogP contribution in [0, 0.1) is 6.92 Å². The third-order valence-electron chi connectivity index (χ3n) is 5.84. The zero-order chi connectivity index (χ0) is 22.1. The van der Waals surface area contributed by atoms with E-state index in [1.54, 1.807) is 0 Å². The molecule has 0 spiro atoms. The van der Waals surface area contributed by atoms with Crippen LogP contribution in [0.4, 0.5) is 11.4 Å². The van der Waals surface area contributed by atoms with Gasteiger partial charge >= 0.3 is 0 Å². The van der Waals surface area contributed by atoms with Gasteiger partial charge in [0.25, 0.3) is 0 Å². The second-order valence-electron chi connectivity index (χ2n) is 8.44. The summed E-state index contributed by atoms with van der Waals surface area (Å²) in [5.41, 5.74) is 4.24. The summed E-state index contributed by atoms with van der Waals surface area (Å²) < 4.78 is 0. The first kappa shape index (κ1) is 22.9. The summed E-state index contributed by atoms with van der Waals surface area (Å²) in [4.78, 5) is 29.0. The number of benzene rings is 2. The van der Waals surface area contributed by atoms with Crippen molar-refractivity contribution < 1.29 is 9.59 Å². The quantitative estimate of drug-likeness (QED) is 0.592. The van der Waals surface area contributed by atoms with Gasteiger partial charge in [-0.3, -0.25) is 9.59 Å². The van der Waals surface area contributed by atoms with Crippen LogP contribution in [0.25, 0.3) is 0 Å². The first-order chi connectivity index (χ1) is 15.0. The van der Waals surface area contributed by atoms with Crippen LogP contribution in [-0.4, -0.2) is 42.9 Å². The van der Waals surface area contributed by atoms with Gasteiger partial charge in [-0.15, -0.1) is 0 Å². The highest BCUT2D eigenvalue weighted by molar-refractivity contribution is 5.90. The number of hydrogen-bond donors (Lipinski definition) is 1. The van der Waals surface area contributed by atoms with Crippen LogP contribution in [-0.2, 0) is 16.0 Å². The molecule has 2 aromatic carbocycles. The predicted octanol–water partition coefficient (Wildman–Crippen LogP) is 4.80. The SMILES string of the molecule is CCCCCCC(=O)Nc1ccc(N2CCN(C(=O)Cc3cccc(C)c3)CC2)cc1. The predicted molar refractivity (Wildman–Crippen MR) is 128 cm³/mol. The van der Waals surface area contributed by atoms with E-state index in [-0.39, 0.29) is 11.8 Å². The summed E-state index contributed by atoms with van der Waals surface area (Å²) in [5.74, 6) is 0.284. The van der Waals surface area contributed by atoms with Crippen LogP contribution in [0.3, 0.4) is 0 Å². The van der Waals surface area contributed by atoms with Crippen molar-refractivity contribution in [3.8, 4) is 0 Å². The molecule has 5 nitrogen and oxygen atoms in total. The smallest absolute Gasteiger partial charge is 0.227 e. The first-order valence-electron chi connectivity index (χ1n) is 11.5. The Morgan fingerprint density at radius 2 is 1.68 bits per heavy atom. The number of carbonyl (C=O) groups excluding carboxylic acids is 2. The Morgan fingerprint density at radius 1 is 0.935 bits per heavy atom. The number of nitrogens with zero attached hydrogens (tertiary/aromatic N) is 2. The van der Waals surface area contributed by atoms with Crippen molar-refractivity contribution in [1.82, 2.24) is 4.90 Å². The van der Waals surface area contributed by atoms with Gasteiger partial charge < -0.3 is 15.1 Å². The molecule has 0 bridgehead atoms. The van der Waals surface area contributed by atoms with Crippen molar-refractivity contribution in [3.63, 3.8) is 0 Å². The topological polar surface area (TPSA) is 52.7 Å². The molecule has 1 aliphatic rings. The van der Waals surface area contributed by atoms with Crippen LogP contribution >= 0.6 is 0 Å². The Kier molecular flexibility index (Phi) is 8.51. The molecular weight excluding hydrogens is 386 g/mol. The van der Waals surface area contributed by atoms with E-state index in [0.717, 1.165) is 56.0 Å². The second kappa shape index (κ2) is 11.5. The molecule has 0 atom stereocenters. The Balaban J connectivity index is 1.44. The fraction of sp³-hybridized carbons (Fsp3) is 0.462. The minimum absolute atomic E-state index is 0.0876. The maximum absolute atomic E-state index is 12.6. The van der Waals surface area contributed by atoms with E-state index in [9.17, 15) is 9.59 Å². The molecule has 5 heteroatoms. The lowest BCUT2D eigenvalue weighted by Gasteiger charge is -2.36. The van der Waals surface area contributed by atoms with E-state index in [0.29, 0.717) is 12.8 Å². The average molecular weight is 422 g/mol. The third kappa shape index (κ3) is 7.12. The molecule has 3 rings (SSSR count). The number of piperazine rings is 1. The summed E-state index contributed by atoms with van der Waals surface area (Å²) in [7, 11) is 0. The highest BCUT2D eigenvalue weighted by Gasteiger charge is 2.21. The molecule has 2 aromatic rings. The number of amides is 2. The van der Waals surface area contributed by atoms with Crippen LogP contribution in [0.2, 0.25) is 0 Å². The van der Waals surface area contributed by atoms with Gasteiger partial charge in [0, 0.05) is 44.0 Å². The average Bonchev–Trinajstić information content (AvgIpc) is 2.77. The van der Waals surface area contributed by atoms with Crippen LogP contribution in [0.15, 0.2) is 48.5 Å². The highest BCUT2D eigenvalue weighted by Crippen LogP contribution is 2.20. The van der Waals surface area contributed by atoms with E-state index in [1.807, 2.05) is 29.2 Å². The van der Waals surface area contributed by atoms with E-state index in [1.165, 1.54) is 18.4 Å². The van der Waals surface area contributed by atoms with Gasteiger partial charge in [-0.25, -0.2) is 0 Å². The van der Waals surface area contributed by atoms with Crippen molar-refractivity contribution in [2.24, 2.45) is 0 Å². The van der Waals surface area contributed by atoms with Crippen molar-refractivity contribution in [1.29, 1.82) is 0 Å². The molecule has 0 saturated carbocycles. The molecule has 166 valence electrons. The van der Waals surface area contributed by atoms with Gasteiger partial charge in [-0.1, -0.05) is 56.0 Å². The zero-order valence-electron chi connectivity index (χ0n) is 18.9. The van der Waals surface area contributed by atoms with Crippen LogP contribution in [0.1, 0.15) is 50.2 Å². The van der Waals surface area contributed by atoms with Gasteiger partial charge in [0.2, 0.25) is 11.8 Å². The number of rotatable bonds is 9. The summed E-state index contributed by atoms with van der Waals surface area (Å²) in [6.07, 6.45) is 5.48. The van der Waals surface area contributed by atoms with E-state index < -0.39 is 0 Å². The molecule has 1 aliphatic heterocycles. The third-order valence-corrected chi connectivity index (χ3v) is 5.84. The van der Waals surface area contributed by atoms with Gasteiger partial charge in [0.15, 0.2) is 0 Å². The summed E-state index contributed by atoms with van der Waals surface area (Å²) in [6, 6.07) is 16.2. The maximum Gasteiger partial charge on any atom is 0.227 e. The standard InChI is InChI=1S/C26H35N3O2/c1-3-4-5-6-10-25(30)27-23-11-13-24(14-12-23)28-15-17-29(18-16-28)26(31)20-22-9-7-8-21(2)19-22/h7-9,11-14,19H,3-6,10,15-18,20H2,1-2H3,(H,27,30). The number of aryl methyl sites for hydroxylation is 1.